The molecule has 25 heavy (non-hydrogen) atoms. The summed E-state index contributed by atoms with van der Waals surface area (Å²) in [5.74, 6) is -0.531. The summed E-state index contributed by atoms with van der Waals surface area (Å²) in [6.07, 6.45) is 0.414. The lowest BCUT2D eigenvalue weighted by Gasteiger charge is -2.20. The summed E-state index contributed by atoms with van der Waals surface area (Å²) in [7, 11) is -3.90. The Bertz CT molecular complexity index is 773. The monoisotopic (exact) mass is 369 g/mol. The second-order valence-electron chi connectivity index (χ2n) is 6.68. The Balaban J connectivity index is 2.00. The maximum Gasteiger partial charge on any atom is 0.332 e. The number of nitrogens with one attached hydrogen (secondary N) is 3. The summed E-state index contributed by atoms with van der Waals surface area (Å²) in [5.41, 5.74) is 1.37. The minimum atomic E-state index is -3.90. The normalized spacial score (nSPS) is 21.3. The van der Waals surface area contributed by atoms with Crippen molar-refractivity contribution in [1.82, 2.24) is 15.6 Å². The molecule has 9 heteroatoms. The summed E-state index contributed by atoms with van der Waals surface area (Å²) in [6.45, 7) is 7.35. The van der Waals surface area contributed by atoms with Crippen molar-refractivity contribution in [1.29, 1.82) is 0 Å². The van der Waals surface area contributed by atoms with Gasteiger partial charge >= 0.3 is 12.0 Å². The minimum Gasteiger partial charge on any atom is -0.464 e. The highest BCUT2D eigenvalue weighted by Crippen LogP contribution is 2.56. The second-order valence-corrected chi connectivity index (χ2v) is 8.37. The third-order valence-electron chi connectivity index (χ3n) is 4.32. The molecule has 0 heterocycles. The molecule has 2 amide bonds. The summed E-state index contributed by atoms with van der Waals surface area (Å²) in [5, 5.41) is 2.52. The zero-order valence-electron chi connectivity index (χ0n) is 14.7. The van der Waals surface area contributed by atoms with E-state index in [1.807, 2.05) is 25.6 Å². The van der Waals surface area contributed by atoms with Gasteiger partial charge in [0, 0.05) is 5.41 Å². The van der Waals surface area contributed by atoms with E-state index in [-0.39, 0.29) is 11.5 Å². The molecule has 0 bridgehead atoms. The topological polar surface area (TPSA) is 114 Å². The molecular formula is C16H23N3O5S. The van der Waals surface area contributed by atoms with E-state index in [2.05, 4.69) is 10.7 Å². The number of ether oxygens (including phenoxy) is 1. The third-order valence-corrected chi connectivity index (χ3v) is 5.58. The number of rotatable bonds is 6. The Labute approximate surface area is 147 Å². The molecule has 1 atom stereocenters. The van der Waals surface area contributed by atoms with Crippen molar-refractivity contribution in [2.45, 2.75) is 44.6 Å². The molecule has 1 saturated carbocycles. The van der Waals surface area contributed by atoms with Crippen LogP contribution in [-0.4, -0.2) is 32.6 Å². The Hall–Kier alpha value is -2.13. The van der Waals surface area contributed by atoms with Crippen molar-refractivity contribution in [3.8, 4) is 0 Å². The summed E-state index contributed by atoms with van der Waals surface area (Å²) < 4.78 is 29.3. The molecule has 1 aromatic rings. The fourth-order valence-corrected chi connectivity index (χ4v) is 3.44. The van der Waals surface area contributed by atoms with Crippen molar-refractivity contribution in [3.05, 3.63) is 29.8 Å². The van der Waals surface area contributed by atoms with Gasteiger partial charge in [-0.25, -0.2) is 18.0 Å². The van der Waals surface area contributed by atoms with Gasteiger partial charge in [0.2, 0.25) is 0 Å². The van der Waals surface area contributed by atoms with Crippen molar-refractivity contribution in [3.63, 3.8) is 0 Å². The molecule has 3 N–H and O–H groups in total. The Kier molecular flexibility index (Phi) is 5.10. The number of carbonyl (C=O) groups excluding carboxylic acids is 2. The molecule has 1 aliphatic carbocycles. The summed E-state index contributed by atoms with van der Waals surface area (Å²) in [4.78, 5) is 26.2. The van der Waals surface area contributed by atoms with Crippen LogP contribution in [0.15, 0.2) is 29.2 Å². The van der Waals surface area contributed by atoms with Crippen molar-refractivity contribution < 1.29 is 22.7 Å². The smallest absolute Gasteiger partial charge is 0.332 e. The fourth-order valence-electron chi connectivity index (χ4n) is 2.60. The van der Waals surface area contributed by atoms with Crippen LogP contribution in [0, 0.1) is 12.3 Å². The Morgan fingerprint density at radius 3 is 2.24 bits per heavy atom. The molecule has 1 aliphatic rings. The Morgan fingerprint density at radius 1 is 1.20 bits per heavy atom. The first-order chi connectivity index (χ1) is 11.5. The van der Waals surface area contributed by atoms with E-state index in [4.69, 9.17) is 4.74 Å². The first-order valence-electron chi connectivity index (χ1n) is 7.88. The van der Waals surface area contributed by atoms with Crippen LogP contribution in [0.3, 0.4) is 0 Å². The number of hydrogen-bond donors (Lipinski definition) is 3. The molecule has 1 fully saturated rings. The van der Waals surface area contributed by atoms with Gasteiger partial charge in [-0.2, -0.15) is 0 Å². The fraction of sp³-hybridized carbons (Fsp3) is 0.500. The van der Waals surface area contributed by atoms with Crippen molar-refractivity contribution in [2.75, 3.05) is 6.61 Å². The first-order valence-corrected chi connectivity index (χ1v) is 9.36. The first kappa shape index (κ1) is 19.2. The predicted molar refractivity (Wildman–Crippen MR) is 90.9 cm³/mol. The lowest BCUT2D eigenvalue weighted by Crippen LogP contribution is -2.55. The largest absolute Gasteiger partial charge is 0.464 e. The Morgan fingerprint density at radius 2 is 1.76 bits per heavy atom. The molecule has 8 nitrogen and oxygen atoms in total. The van der Waals surface area contributed by atoms with Crippen LogP contribution in [0.5, 0.6) is 0 Å². The van der Waals surface area contributed by atoms with E-state index in [1.165, 1.54) is 12.1 Å². The molecule has 2 rings (SSSR count). The van der Waals surface area contributed by atoms with Crippen LogP contribution in [0.25, 0.3) is 0 Å². The number of hydrogen-bond acceptors (Lipinski definition) is 5. The van der Waals surface area contributed by atoms with Crippen molar-refractivity contribution in [2.24, 2.45) is 5.41 Å². The van der Waals surface area contributed by atoms with E-state index >= 15 is 0 Å². The van der Waals surface area contributed by atoms with Gasteiger partial charge in [0.15, 0.2) is 0 Å². The van der Waals surface area contributed by atoms with Gasteiger partial charge in [-0.3, -0.25) is 5.43 Å². The molecule has 0 saturated heterocycles. The zero-order chi connectivity index (χ0) is 18.9. The molecule has 0 spiro atoms. The molecule has 1 aromatic carbocycles. The summed E-state index contributed by atoms with van der Waals surface area (Å²) >= 11 is 0. The maximum atomic E-state index is 12.1. The SMILES string of the molecule is CCOC(=O)C1(NC(=O)NNS(=O)(=O)c2ccc(C)cc2)CC1(C)C. The average Bonchev–Trinajstić information content (AvgIpc) is 3.08. The molecule has 138 valence electrons. The van der Waals surface area contributed by atoms with Crippen LogP contribution >= 0.6 is 0 Å². The number of urea groups is 1. The number of hydrazine groups is 1. The highest BCUT2D eigenvalue weighted by Gasteiger charge is 2.68. The van der Waals surface area contributed by atoms with Crippen LogP contribution in [-0.2, 0) is 19.6 Å². The van der Waals surface area contributed by atoms with Gasteiger partial charge < -0.3 is 10.1 Å². The van der Waals surface area contributed by atoms with Gasteiger partial charge in [-0.1, -0.05) is 31.5 Å². The number of aryl methyl sites for hydroxylation is 1. The number of sulfonamides is 1. The standard InChI is InChI=1S/C16H23N3O5S/c1-5-24-13(20)16(10-15(16,3)4)17-14(21)18-19-25(22,23)12-8-6-11(2)7-9-12/h6-9,19H,5,10H2,1-4H3,(H2,17,18,21). The highest BCUT2D eigenvalue weighted by atomic mass is 32.2. The molecular weight excluding hydrogens is 346 g/mol. The summed E-state index contributed by atoms with van der Waals surface area (Å²) in [6, 6.07) is 5.34. The predicted octanol–water partition coefficient (Wildman–Crippen LogP) is 1.22. The van der Waals surface area contributed by atoms with Gasteiger partial charge in [-0.15, -0.1) is 4.83 Å². The molecule has 0 aliphatic heterocycles. The van der Waals surface area contributed by atoms with Crippen molar-refractivity contribution >= 4 is 22.0 Å². The molecule has 1 unspecified atom stereocenters. The van der Waals surface area contributed by atoms with Crippen LogP contribution in [0.1, 0.15) is 32.8 Å². The van der Waals surface area contributed by atoms with Crippen LogP contribution in [0.2, 0.25) is 0 Å². The van der Waals surface area contributed by atoms with Crippen LogP contribution < -0.4 is 15.6 Å². The van der Waals surface area contributed by atoms with E-state index < -0.39 is 33.0 Å². The van der Waals surface area contributed by atoms with Gasteiger partial charge in [0.1, 0.15) is 5.54 Å². The molecule has 0 radical (unpaired) electrons. The third kappa shape index (κ3) is 3.93. The van der Waals surface area contributed by atoms with E-state index in [0.717, 1.165) is 5.56 Å². The maximum absolute atomic E-state index is 12.1. The van der Waals surface area contributed by atoms with Gasteiger partial charge in [-0.05, 0) is 32.4 Å². The molecule has 0 aromatic heterocycles. The van der Waals surface area contributed by atoms with E-state index in [0.29, 0.717) is 6.42 Å². The quantitative estimate of drug-likeness (QED) is 0.515. The second kappa shape index (κ2) is 6.64. The zero-order valence-corrected chi connectivity index (χ0v) is 15.5. The van der Waals surface area contributed by atoms with Gasteiger partial charge in [0.05, 0.1) is 11.5 Å². The van der Waals surface area contributed by atoms with Gasteiger partial charge in [0.25, 0.3) is 10.0 Å². The number of carbonyl (C=O) groups is 2. The number of benzene rings is 1. The lowest BCUT2D eigenvalue weighted by atomic mass is 10.1. The van der Waals surface area contributed by atoms with E-state index in [9.17, 15) is 18.0 Å². The van der Waals surface area contributed by atoms with Crippen LogP contribution in [0.4, 0.5) is 4.79 Å². The number of esters is 1. The van der Waals surface area contributed by atoms with E-state index in [1.54, 1.807) is 19.1 Å². The minimum absolute atomic E-state index is 0.0188. The number of amides is 2. The lowest BCUT2D eigenvalue weighted by molar-refractivity contribution is -0.147. The average molecular weight is 369 g/mol. The highest BCUT2D eigenvalue weighted by molar-refractivity contribution is 7.89.